The molecular formula is C28H36BrN5. The molecule has 1 atom stereocenters. The van der Waals surface area contributed by atoms with E-state index in [9.17, 15) is 0 Å². The number of benzene rings is 1. The number of rotatable bonds is 8. The summed E-state index contributed by atoms with van der Waals surface area (Å²) in [6.45, 7) is 4.87. The summed E-state index contributed by atoms with van der Waals surface area (Å²) in [5.41, 5.74) is 6.55. The second-order valence-electron chi connectivity index (χ2n) is 9.35. The van der Waals surface area contributed by atoms with Crippen molar-refractivity contribution in [2.75, 3.05) is 13.1 Å². The lowest BCUT2D eigenvalue weighted by Gasteiger charge is -2.42. The summed E-state index contributed by atoms with van der Waals surface area (Å²) in [5, 5.41) is 7.05. The van der Waals surface area contributed by atoms with Gasteiger partial charge in [-0.2, -0.15) is 0 Å². The minimum atomic E-state index is 0. The van der Waals surface area contributed by atoms with Gasteiger partial charge in [-0.25, -0.2) is 0 Å². The molecule has 2 aliphatic rings. The first-order valence-corrected chi connectivity index (χ1v) is 12.5. The normalized spacial score (nSPS) is 18.3. The number of aryl methyl sites for hydroxylation is 1. The van der Waals surface area contributed by atoms with Crippen LogP contribution in [-0.2, 0) is 26.1 Å². The van der Waals surface area contributed by atoms with Crippen LogP contribution in [0.4, 0.5) is 0 Å². The molecular weight excluding hydrogens is 486 g/mol. The Morgan fingerprint density at radius 3 is 2.44 bits per heavy atom. The predicted molar refractivity (Wildman–Crippen MR) is 143 cm³/mol. The van der Waals surface area contributed by atoms with Crippen LogP contribution in [0.3, 0.4) is 0 Å². The minimum Gasteiger partial charge on any atom is -0.317 e. The SMILES string of the molecule is Br.c1ccc(CNCc2ccc(CN(C3CCNCC3)C3CCCc4cccnc43)cc2)nc1. The number of piperidine rings is 1. The van der Waals surface area contributed by atoms with Gasteiger partial charge in [0.05, 0.1) is 17.4 Å². The van der Waals surface area contributed by atoms with Crippen LogP contribution < -0.4 is 10.6 Å². The van der Waals surface area contributed by atoms with Gasteiger partial charge in [-0.05, 0) is 80.1 Å². The molecule has 5 nitrogen and oxygen atoms in total. The lowest BCUT2D eigenvalue weighted by Crippen LogP contribution is -2.45. The van der Waals surface area contributed by atoms with Crippen LogP contribution in [0, 0.1) is 0 Å². The second-order valence-corrected chi connectivity index (χ2v) is 9.35. The predicted octanol–water partition coefficient (Wildman–Crippen LogP) is 4.98. The molecule has 0 amide bonds. The molecule has 1 fully saturated rings. The first kappa shape index (κ1) is 25.0. The highest BCUT2D eigenvalue weighted by atomic mass is 79.9. The van der Waals surface area contributed by atoms with Gasteiger partial charge in [0, 0.05) is 38.1 Å². The number of fused-ring (bicyclic) bond motifs is 1. The van der Waals surface area contributed by atoms with Gasteiger partial charge in [-0.1, -0.05) is 36.4 Å². The molecule has 180 valence electrons. The van der Waals surface area contributed by atoms with Gasteiger partial charge in [-0.3, -0.25) is 14.9 Å². The zero-order chi connectivity index (χ0) is 22.3. The summed E-state index contributed by atoms with van der Waals surface area (Å²) in [6.07, 6.45) is 9.89. The van der Waals surface area contributed by atoms with Crippen molar-refractivity contribution in [1.29, 1.82) is 0 Å². The number of hydrogen-bond acceptors (Lipinski definition) is 5. The Morgan fingerprint density at radius 1 is 0.853 bits per heavy atom. The summed E-state index contributed by atoms with van der Waals surface area (Å²) >= 11 is 0. The van der Waals surface area contributed by atoms with Crippen molar-refractivity contribution < 1.29 is 0 Å². The molecule has 1 aliphatic carbocycles. The minimum absolute atomic E-state index is 0. The third kappa shape index (κ3) is 6.30. The maximum atomic E-state index is 4.86. The summed E-state index contributed by atoms with van der Waals surface area (Å²) < 4.78 is 0. The van der Waals surface area contributed by atoms with Gasteiger partial charge in [0.15, 0.2) is 0 Å². The van der Waals surface area contributed by atoms with Crippen LogP contribution in [0.5, 0.6) is 0 Å². The Labute approximate surface area is 214 Å². The molecule has 34 heavy (non-hydrogen) atoms. The van der Waals surface area contributed by atoms with Crippen molar-refractivity contribution in [2.24, 2.45) is 0 Å². The van der Waals surface area contributed by atoms with Crippen molar-refractivity contribution >= 4 is 17.0 Å². The first-order valence-electron chi connectivity index (χ1n) is 12.5. The Kier molecular flexibility index (Phi) is 9.22. The topological polar surface area (TPSA) is 53.1 Å². The first-order chi connectivity index (χ1) is 16.4. The number of nitrogens with one attached hydrogen (secondary N) is 2. The molecule has 5 rings (SSSR count). The molecule has 0 bridgehead atoms. The van der Waals surface area contributed by atoms with Crippen LogP contribution >= 0.6 is 17.0 Å². The smallest absolute Gasteiger partial charge is 0.0607 e. The Balaban J connectivity index is 0.00000274. The average molecular weight is 523 g/mol. The monoisotopic (exact) mass is 521 g/mol. The highest BCUT2D eigenvalue weighted by Gasteiger charge is 2.32. The summed E-state index contributed by atoms with van der Waals surface area (Å²) in [4.78, 5) is 12.0. The number of hydrogen-bond donors (Lipinski definition) is 2. The summed E-state index contributed by atoms with van der Waals surface area (Å²) in [7, 11) is 0. The van der Waals surface area contributed by atoms with E-state index >= 15 is 0 Å². The maximum absolute atomic E-state index is 4.86. The highest BCUT2D eigenvalue weighted by molar-refractivity contribution is 8.93. The highest BCUT2D eigenvalue weighted by Crippen LogP contribution is 2.36. The fraction of sp³-hybridized carbons (Fsp3) is 0.429. The van der Waals surface area contributed by atoms with Crippen molar-refractivity contribution in [3.8, 4) is 0 Å². The quantitative estimate of drug-likeness (QED) is 0.437. The van der Waals surface area contributed by atoms with Crippen molar-refractivity contribution in [3.63, 3.8) is 0 Å². The Morgan fingerprint density at radius 2 is 1.65 bits per heavy atom. The van der Waals surface area contributed by atoms with Crippen LogP contribution in [0.25, 0.3) is 0 Å². The molecule has 6 heteroatoms. The average Bonchev–Trinajstić information content (AvgIpc) is 2.89. The standard InChI is InChI=1S/C28H35N5.BrH/c1-2-15-31-25(7-1)20-30-19-22-9-11-23(12-10-22)21-33(26-13-17-29-18-14-26)27-8-3-5-24-6-4-16-32-28(24)27;/h1-2,4,6-7,9-12,15-16,26-27,29-30H,3,5,8,13-14,17-21H2;1H. The van der Waals surface area contributed by atoms with E-state index in [4.69, 9.17) is 4.98 Å². The number of nitrogens with zero attached hydrogens (tertiary/aromatic N) is 3. The van der Waals surface area contributed by atoms with E-state index in [1.165, 1.54) is 54.5 Å². The molecule has 1 saturated heterocycles. The lowest BCUT2D eigenvalue weighted by molar-refractivity contribution is 0.0861. The van der Waals surface area contributed by atoms with Gasteiger partial charge in [0.25, 0.3) is 0 Å². The Bertz CT molecular complexity index is 1000. The van der Waals surface area contributed by atoms with Crippen molar-refractivity contribution in [2.45, 2.75) is 63.8 Å². The molecule has 0 radical (unpaired) electrons. The van der Waals surface area contributed by atoms with E-state index in [1.54, 1.807) is 0 Å². The van der Waals surface area contributed by atoms with Crippen molar-refractivity contribution in [1.82, 2.24) is 25.5 Å². The number of halogens is 1. The second kappa shape index (κ2) is 12.5. The van der Waals surface area contributed by atoms with Gasteiger partial charge < -0.3 is 10.6 Å². The third-order valence-corrected chi connectivity index (χ3v) is 7.09. The maximum Gasteiger partial charge on any atom is 0.0607 e. The van der Waals surface area contributed by atoms with Crippen LogP contribution in [0.1, 0.15) is 59.8 Å². The molecule has 2 N–H and O–H groups in total. The van der Waals surface area contributed by atoms with E-state index in [0.717, 1.165) is 38.4 Å². The zero-order valence-corrected chi connectivity index (χ0v) is 21.5. The van der Waals surface area contributed by atoms with Crippen LogP contribution in [0.2, 0.25) is 0 Å². The van der Waals surface area contributed by atoms with Gasteiger partial charge in [0.2, 0.25) is 0 Å². The molecule has 3 aromatic rings. The molecule has 0 saturated carbocycles. The molecule has 2 aromatic heterocycles. The molecule has 1 unspecified atom stereocenters. The van der Waals surface area contributed by atoms with E-state index in [-0.39, 0.29) is 17.0 Å². The summed E-state index contributed by atoms with van der Waals surface area (Å²) in [5.74, 6) is 0. The van der Waals surface area contributed by atoms with Gasteiger partial charge in [-0.15, -0.1) is 17.0 Å². The lowest BCUT2D eigenvalue weighted by atomic mass is 9.88. The molecule has 1 aromatic carbocycles. The van der Waals surface area contributed by atoms with Gasteiger partial charge in [0.1, 0.15) is 0 Å². The fourth-order valence-corrected chi connectivity index (χ4v) is 5.35. The molecule has 1 aliphatic heterocycles. The largest absolute Gasteiger partial charge is 0.317 e. The van der Waals surface area contributed by atoms with Crippen molar-refractivity contribution in [3.05, 3.63) is 95.1 Å². The molecule has 3 heterocycles. The fourth-order valence-electron chi connectivity index (χ4n) is 5.35. The third-order valence-electron chi connectivity index (χ3n) is 7.09. The molecule has 0 spiro atoms. The van der Waals surface area contributed by atoms with E-state index in [0.29, 0.717) is 12.1 Å². The van der Waals surface area contributed by atoms with Crippen LogP contribution in [0.15, 0.2) is 67.0 Å². The summed E-state index contributed by atoms with van der Waals surface area (Å²) in [6, 6.07) is 20.6. The van der Waals surface area contributed by atoms with E-state index in [2.05, 4.69) is 63.0 Å². The van der Waals surface area contributed by atoms with E-state index in [1.807, 2.05) is 24.5 Å². The Hall–Kier alpha value is -2.12. The van der Waals surface area contributed by atoms with E-state index < -0.39 is 0 Å². The number of aromatic nitrogens is 2. The zero-order valence-electron chi connectivity index (χ0n) is 19.8. The van der Waals surface area contributed by atoms with Crippen LogP contribution in [-0.4, -0.2) is 34.0 Å². The van der Waals surface area contributed by atoms with Gasteiger partial charge >= 0.3 is 0 Å². The number of pyridine rings is 2.